The molecule has 0 atom stereocenters. The van der Waals surface area contributed by atoms with Gasteiger partial charge in [-0.05, 0) is 41.8 Å². The molecule has 0 bridgehead atoms. The standard InChI is InChI=1S/C19H20ClN5/c1-25(11-8-15-6-9-21-10-7-15)19-12-18(23-14-24-19)22-13-16-2-4-17(20)5-3-16/h2-7,9-10,12,14H,8,11,13H2,1H3,(H,22,23,24). The number of aromatic nitrogens is 3. The quantitative estimate of drug-likeness (QED) is 0.699. The number of halogens is 1. The Labute approximate surface area is 152 Å². The monoisotopic (exact) mass is 353 g/mol. The van der Waals surface area contributed by atoms with E-state index in [0.29, 0.717) is 6.54 Å². The van der Waals surface area contributed by atoms with Gasteiger partial charge in [-0.3, -0.25) is 4.98 Å². The lowest BCUT2D eigenvalue weighted by molar-refractivity contribution is 0.854. The molecule has 25 heavy (non-hydrogen) atoms. The van der Waals surface area contributed by atoms with Gasteiger partial charge in [-0.2, -0.15) is 0 Å². The van der Waals surface area contributed by atoms with Gasteiger partial charge in [0.05, 0.1) is 0 Å². The molecule has 0 saturated heterocycles. The summed E-state index contributed by atoms with van der Waals surface area (Å²) in [5.74, 6) is 1.69. The minimum absolute atomic E-state index is 0.689. The average Bonchev–Trinajstić information content (AvgIpc) is 2.67. The summed E-state index contributed by atoms with van der Waals surface area (Å²) in [6, 6.07) is 13.8. The van der Waals surface area contributed by atoms with E-state index in [1.165, 1.54) is 5.56 Å². The van der Waals surface area contributed by atoms with Crippen LogP contribution >= 0.6 is 11.6 Å². The molecule has 2 heterocycles. The Hall–Kier alpha value is -2.66. The SMILES string of the molecule is CN(CCc1ccncc1)c1cc(NCc2ccc(Cl)cc2)ncn1. The van der Waals surface area contributed by atoms with Crippen LogP contribution in [-0.2, 0) is 13.0 Å². The largest absolute Gasteiger partial charge is 0.366 e. The third-order valence-electron chi connectivity index (χ3n) is 3.92. The van der Waals surface area contributed by atoms with Crippen molar-refractivity contribution >= 4 is 23.2 Å². The summed E-state index contributed by atoms with van der Waals surface area (Å²) in [5, 5.41) is 4.06. The molecule has 0 amide bonds. The molecular formula is C19H20ClN5. The minimum Gasteiger partial charge on any atom is -0.366 e. The number of hydrogen-bond acceptors (Lipinski definition) is 5. The van der Waals surface area contributed by atoms with Gasteiger partial charge in [0, 0.05) is 43.6 Å². The number of anilines is 2. The van der Waals surface area contributed by atoms with Gasteiger partial charge in [0.15, 0.2) is 0 Å². The van der Waals surface area contributed by atoms with Crippen LogP contribution < -0.4 is 10.2 Å². The first-order valence-electron chi connectivity index (χ1n) is 8.11. The van der Waals surface area contributed by atoms with Crippen molar-refractivity contribution in [1.29, 1.82) is 0 Å². The van der Waals surface area contributed by atoms with Crippen molar-refractivity contribution in [1.82, 2.24) is 15.0 Å². The molecule has 0 fully saturated rings. The number of nitrogens with one attached hydrogen (secondary N) is 1. The summed E-state index contributed by atoms with van der Waals surface area (Å²) >= 11 is 5.91. The second-order valence-corrected chi connectivity index (χ2v) is 6.20. The van der Waals surface area contributed by atoms with Crippen molar-refractivity contribution in [2.45, 2.75) is 13.0 Å². The highest BCUT2D eigenvalue weighted by molar-refractivity contribution is 6.30. The lowest BCUT2D eigenvalue weighted by atomic mass is 10.2. The van der Waals surface area contributed by atoms with Crippen LogP contribution in [0.3, 0.4) is 0 Å². The number of likely N-dealkylation sites (N-methyl/N-ethyl adjacent to an activating group) is 1. The molecular weight excluding hydrogens is 334 g/mol. The lowest BCUT2D eigenvalue weighted by Crippen LogP contribution is -2.21. The number of hydrogen-bond donors (Lipinski definition) is 1. The smallest absolute Gasteiger partial charge is 0.133 e. The predicted molar refractivity (Wildman–Crippen MR) is 102 cm³/mol. The van der Waals surface area contributed by atoms with Crippen LogP contribution in [0.5, 0.6) is 0 Å². The van der Waals surface area contributed by atoms with E-state index in [9.17, 15) is 0 Å². The van der Waals surface area contributed by atoms with Crippen molar-refractivity contribution in [3.63, 3.8) is 0 Å². The second kappa shape index (κ2) is 8.44. The maximum Gasteiger partial charge on any atom is 0.133 e. The second-order valence-electron chi connectivity index (χ2n) is 5.77. The van der Waals surface area contributed by atoms with Crippen LogP contribution in [0, 0.1) is 0 Å². The Balaban J connectivity index is 1.57. The van der Waals surface area contributed by atoms with Crippen molar-refractivity contribution in [2.75, 3.05) is 23.8 Å². The Bertz CT molecular complexity index is 792. The molecule has 5 nitrogen and oxygen atoms in total. The Morgan fingerprint density at radius 3 is 2.52 bits per heavy atom. The van der Waals surface area contributed by atoms with Crippen molar-refractivity contribution in [2.24, 2.45) is 0 Å². The van der Waals surface area contributed by atoms with E-state index in [0.717, 1.165) is 35.2 Å². The molecule has 0 aliphatic carbocycles. The summed E-state index contributed by atoms with van der Waals surface area (Å²) in [4.78, 5) is 14.8. The van der Waals surface area contributed by atoms with E-state index in [1.54, 1.807) is 6.33 Å². The number of pyridine rings is 1. The topological polar surface area (TPSA) is 53.9 Å². The first-order chi connectivity index (χ1) is 12.2. The van der Waals surface area contributed by atoms with E-state index in [4.69, 9.17) is 11.6 Å². The van der Waals surface area contributed by atoms with Gasteiger partial charge in [-0.15, -0.1) is 0 Å². The first-order valence-corrected chi connectivity index (χ1v) is 8.49. The van der Waals surface area contributed by atoms with Gasteiger partial charge in [-0.1, -0.05) is 23.7 Å². The molecule has 2 aromatic heterocycles. The summed E-state index contributed by atoms with van der Waals surface area (Å²) in [7, 11) is 2.03. The molecule has 3 aromatic rings. The van der Waals surface area contributed by atoms with E-state index in [-0.39, 0.29) is 0 Å². The molecule has 0 unspecified atom stereocenters. The molecule has 128 valence electrons. The summed E-state index contributed by atoms with van der Waals surface area (Å²) in [6.45, 7) is 1.56. The van der Waals surface area contributed by atoms with Crippen LogP contribution in [0.25, 0.3) is 0 Å². The number of benzene rings is 1. The average molecular weight is 354 g/mol. The molecule has 0 radical (unpaired) electrons. The van der Waals surface area contributed by atoms with Gasteiger partial charge in [0.25, 0.3) is 0 Å². The molecule has 1 aromatic carbocycles. The van der Waals surface area contributed by atoms with Crippen LogP contribution in [0.2, 0.25) is 5.02 Å². The Morgan fingerprint density at radius 2 is 1.76 bits per heavy atom. The molecule has 6 heteroatoms. The zero-order valence-corrected chi connectivity index (χ0v) is 14.8. The highest BCUT2D eigenvalue weighted by atomic mass is 35.5. The normalized spacial score (nSPS) is 10.5. The fourth-order valence-corrected chi connectivity index (χ4v) is 2.53. The van der Waals surface area contributed by atoms with Crippen molar-refractivity contribution in [3.05, 3.63) is 77.3 Å². The highest BCUT2D eigenvalue weighted by Gasteiger charge is 2.05. The fourth-order valence-electron chi connectivity index (χ4n) is 2.41. The van der Waals surface area contributed by atoms with Crippen LogP contribution in [-0.4, -0.2) is 28.5 Å². The van der Waals surface area contributed by atoms with Gasteiger partial charge in [0.1, 0.15) is 18.0 Å². The van der Waals surface area contributed by atoms with Gasteiger partial charge in [0.2, 0.25) is 0 Å². The third kappa shape index (κ3) is 5.16. The van der Waals surface area contributed by atoms with Gasteiger partial charge in [-0.25, -0.2) is 9.97 Å². The molecule has 1 N–H and O–H groups in total. The Morgan fingerprint density at radius 1 is 1.00 bits per heavy atom. The van der Waals surface area contributed by atoms with Crippen molar-refractivity contribution < 1.29 is 0 Å². The summed E-state index contributed by atoms with van der Waals surface area (Å²) in [5.41, 5.74) is 2.41. The number of rotatable bonds is 7. The predicted octanol–water partition coefficient (Wildman–Crippen LogP) is 3.82. The van der Waals surface area contributed by atoms with E-state index >= 15 is 0 Å². The van der Waals surface area contributed by atoms with Crippen molar-refractivity contribution in [3.8, 4) is 0 Å². The number of nitrogens with zero attached hydrogens (tertiary/aromatic N) is 4. The summed E-state index contributed by atoms with van der Waals surface area (Å²) in [6.07, 6.45) is 6.16. The van der Waals surface area contributed by atoms with Gasteiger partial charge < -0.3 is 10.2 Å². The lowest BCUT2D eigenvalue weighted by Gasteiger charge is -2.18. The minimum atomic E-state index is 0.689. The molecule has 0 spiro atoms. The zero-order chi connectivity index (χ0) is 17.5. The fraction of sp³-hybridized carbons (Fsp3) is 0.211. The van der Waals surface area contributed by atoms with Crippen LogP contribution in [0.4, 0.5) is 11.6 Å². The summed E-state index contributed by atoms with van der Waals surface area (Å²) < 4.78 is 0. The zero-order valence-electron chi connectivity index (χ0n) is 14.1. The van der Waals surface area contributed by atoms with Crippen LogP contribution in [0.1, 0.15) is 11.1 Å². The van der Waals surface area contributed by atoms with E-state index in [2.05, 4.69) is 25.2 Å². The highest BCUT2D eigenvalue weighted by Crippen LogP contribution is 2.15. The molecule has 0 aliphatic rings. The third-order valence-corrected chi connectivity index (χ3v) is 4.17. The first kappa shape index (κ1) is 17.2. The van der Waals surface area contributed by atoms with Gasteiger partial charge >= 0.3 is 0 Å². The molecule has 0 saturated carbocycles. The molecule has 3 rings (SSSR count). The van der Waals surface area contributed by atoms with Crippen LogP contribution in [0.15, 0.2) is 61.2 Å². The van der Waals surface area contributed by atoms with E-state index < -0.39 is 0 Å². The van der Waals surface area contributed by atoms with E-state index in [1.807, 2.05) is 61.9 Å². The molecule has 0 aliphatic heterocycles. The maximum absolute atomic E-state index is 5.91. The Kier molecular flexibility index (Phi) is 5.80. The maximum atomic E-state index is 5.91.